The molecule has 0 spiro atoms. The number of hydrogen-bond acceptors (Lipinski definition) is 3. The van der Waals surface area contributed by atoms with E-state index in [-0.39, 0.29) is 29.4 Å². The van der Waals surface area contributed by atoms with E-state index in [9.17, 15) is 13.2 Å². The smallest absolute Gasteiger partial charge is 0.182 e. The highest BCUT2D eigenvalue weighted by atomic mass is 19.2. The minimum absolute atomic E-state index is 0.0130. The summed E-state index contributed by atoms with van der Waals surface area (Å²) in [5.74, 6) is -2.65. The summed E-state index contributed by atoms with van der Waals surface area (Å²) in [5.41, 5.74) is 5.86. The average molecular weight is 282 g/mol. The lowest BCUT2D eigenvalue weighted by Gasteiger charge is -2.13. The summed E-state index contributed by atoms with van der Waals surface area (Å²) in [6.07, 6.45) is 0. The van der Waals surface area contributed by atoms with E-state index in [1.807, 2.05) is 0 Å². The molecule has 0 saturated carbocycles. The van der Waals surface area contributed by atoms with Crippen LogP contribution >= 0.6 is 0 Å². The number of halogens is 3. The molecule has 0 unspecified atom stereocenters. The first-order valence-corrected chi connectivity index (χ1v) is 5.95. The van der Waals surface area contributed by atoms with Gasteiger partial charge in [-0.25, -0.2) is 13.2 Å². The summed E-state index contributed by atoms with van der Waals surface area (Å²) >= 11 is 0. The Balaban J connectivity index is 2.38. The molecule has 0 aliphatic carbocycles. The Morgan fingerprint density at radius 1 is 1.10 bits per heavy atom. The number of nitrogens with two attached hydrogens (primary N) is 1. The van der Waals surface area contributed by atoms with Crippen LogP contribution in [-0.4, -0.2) is 6.61 Å². The SMILES string of the molecule is CCOc1cc(Nc2cccc(F)c2F)c(N)cc1F. The van der Waals surface area contributed by atoms with Gasteiger partial charge in [0.1, 0.15) is 0 Å². The standard InChI is InChI=1S/C14H13F3N2O/c1-2-20-13-7-12(10(18)6-9(13)16)19-11-5-3-4-8(15)14(11)17/h3-7,19H,2,18H2,1H3. The first-order valence-electron chi connectivity index (χ1n) is 5.95. The van der Waals surface area contributed by atoms with Crippen LogP contribution in [-0.2, 0) is 0 Å². The molecule has 2 rings (SSSR count). The van der Waals surface area contributed by atoms with Gasteiger partial charge in [0, 0.05) is 12.1 Å². The van der Waals surface area contributed by atoms with Crippen LogP contribution in [0.25, 0.3) is 0 Å². The Morgan fingerprint density at radius 3 is 2.55 bits per heavy atom. The van der Waals surface area contributed by atoms with Crippen molar-refractivity contribution >= 4 is 17.1 Å². The molecule has 0 fully saturated rings. The Bertz CT molecular complexity index is 632. The Kier molecular flexibility index (Phi) is 4.02. The Morgan fingerprint density at radius 2 is 1.85 bits per heavy atom. The van der Waals surface area contributed by atoms with Crippen LogP contribution in [0, 0.1) is 17.5 Å². The highest BCUT2D eigenvalue weighted by Crippen LogP contribution is 2.31. The fourth-order valence-corrected chi connectivity index (χ4v) is 1.69. The number of benzene rings is 2. The largest absolute Gasteiger partial charge is 0.491 e. The van der Waals surface area contributed by atoms with Crippen molar-refractivity contribution in [3.63, 3.8) is 0 Å². The third-order valence-corrected chi connectivity index (χ3v) is 2.62. The maximum absolute atomic E-state index is 13.6. The van der Waals surface area contributed by atoms with Crippen LogP contribution in [0.1, 0.15) is 6.92 Å². The van der Waals surface area contributed by atoms with Gasteiger partial charge in [-0.2, -0.15) is 0 Å². The summed E-state index contributed by atoms with van der Waals surface area (Å²) in [5, 5.41) is 2.62. The van der Waals surface area contributed by atoms with Gasteiger partial charge in [0.2, 0.25) is 0 Å². The van der Waals surface area contributed by atoms with Gasteiger partial charge in [-0.15, -0.1) is 0 Å². The van der Waals surface area contributed by atoms with E-state index < -0.39 is 17.5 Å². The first kappa shape index (κ1) is 14.0. The summed E-state index contributed by atoms with van der Waals surface area (Å²) in [7, 11) is 0. The molecule has 106 valence electrons. The van der Waals surface area contributed by atoms with E-state index in [1.165, 1.54) is 18.2 Å². The lowest BCUT2D eigenvalue weighted by molar-refractivity contribution is 0.322. The molecule has 0 aliphatic heterocycles. The number of nitrogens with one attached hydrogen (secondary N) is 1. The average Bonchev–Trinajstić information content (AvgIpc) is 2.40. The van der Waals surface area contributed by atoms with Gasteiger partial charge >= 0.3 is 0 Å². The molecule has 6 heteroatoms. The van der Waals surface area contributed by atoms with E-state index in [2.05, 4.69) is 5.32 Å². The highest BCUT2D eigenvalue weighted by molar-refractivity contribution is 5.74. The van der Waals surface area contributed by atoms with Crippen LogP contribution in [0.2, 0.25) is 0 Å². The monoisotopic (exact) mass is 282 g/mol. The predicted octanol–water partition coefficient (Wildman–Crippen LogP) is 3.83. The zero-order chi connectivity index (χ0) is 14.7. The minimum atomic E-state index is -1.03. The molecule has 2 aromatic rings. The second-order valence-corrected chi connectivity index (χ2v) is 4.03. The van der Waals surface area contributed by atoms with Crippen LogP contribution in [0.15, 0.2) is 30.3 Å². The van der Waals surface area contributed by atoms with Crippen molar-refractivity contribution in [2.75, 3.05) is 17.7 Å². The summed E-state index contributed by atoms with van der Waals surface area (Å²) in [6.45, 7) is 1.98. The molecule has 0 bridgehead atoms. The highest BCUT2D eigenvalue weighted by Gasteiger charge is 2.12. The van der Waals surface area contributed by atoms with Crippen molar-refractivity contribution in [1.29, 1.82) is 0 Å². The topological polar surface area (TPSA) is 47.3 Å². The minimum Gasteiger partial charge on any atom is -0.491 e. The van der Waals surface area contributed by atoms with Crippen molar-refractivity contribution in [3.8, 4) is 5.75 Å². The fourth-order valence-electron chi connectivity index (χ4n) is 1.69. The van der Waals surface area contributed by atoms with Crippen LogP contribution in [0.5, 0.6) is 5.75 Å². The van der Waals surface area contributed by atoms with Gasteiger partial charge in [-0.3, -0.25) is 0 Å². The number of rotatable bonds is 4. The Hall–Kier alpha value is -2.37. The zero-order valence-corrected chi connectivity index (χ0v) is 10.7. The molecule has 0 radical (unpaired) electrons. The normalized spacial score (nSPS) is 10.4. The summed E-state index contributed by atoms with van der Waals surface area (Å²) in [4.78, 5) is 0. The van der Waals surface area contributed by atoms with E-state index in [1.54, 1.807) is 6.92 Å². The fraction of sp³-hybridized carbons (Fsp3) is 0.143. The maximum Gasteiger partial charge on any atom is 0.182 e. The molecule has 0 atom stereocenters. The molecule has 3 N–H and O–H groups in total. The molecule has 0 aromatic heterocycles. The summed E-state index contributed by atoms with van der Waals surface area (Å²) in [6, 6.07) is 6.06. The second-order valence-electron chi connectivity index (χ2n) is 4.03. The molecular formula is C14H13F3N2O. The summed E-state index contributed by atoms with van der Waals surface area (Å²) < 4.78 is 45.3. The number of ether oxygens (including phenoxy) is 1. The molecule has 3 nitrogen and oxygen atoms in total. The number of nitrogen functional groups attached to an aromatic ring is 1. The molecule has 2 aromatic carbocycles. The molecule has 0 heterocycles. The third kappa shape index (κ3) is 2.79. The number of anilines is 3. The zero-order valence-electron chi connectivity index (χ0n) is 10.7. The number of hydrogen-bond donors (Lipinski definition) is 2. The van der Waals surface area contributed by atoms with Crippen molar-refractivity contribution in [3.05, 3.63) is 47.8 Å². The second kappa shape index (κ2) is 5.73. The van der Waals surface area contributed by atoms with Crippen LogP contribution in [0.4, 0.5) is 30.2 Å². The van der Waals surface area contributed by atoms with Crippen molar-refractivity contribution in [2.24, 2.45) is 0 Å². The lowest BCUT2D eigenvalue weighted by atomic mass is 10.2. The molecule has 0 amide bonds. The van der Waals surface area contributed by atoms with Crippen LogP contribution < -0.4 is 15.8 Å². The van der Waals surface area contributed by atoms with Crippen molar-refractivity contribution in [1.82, 2.24) is 0 Å². The van der Waals surface area contributed by atoms with Gasteiger partial charge in [-0.05, 0) is 19.1 Å². The van der Waals surface area contributed by atoms with Gasteiger partial charge in [-0.1, -0.05) is 6.07 Å². The first-order chi connectivity index (χ1) is 9.52. The van der Waals surface area contributed by atoms with Gasteiger partial charge in [0.25, 0.3) is 0 Å². The van der Waals surface area contributed by atoms with Gasteiger partial charge < -0.3 is 15.8 Å². The van der Waals surface area contributed by atoms with Crippen molar-refractivity contribution in [2.45, 2.75) is 6.92 Å². The predicted molar refractivity (Wildman–Crippen MR) is 71.6 cm³/mol. The quantitative estimate of drug-likeness (QED) is 0.838. The molecular weight excluding hydrogens is 269 g/mol. The molecule has 0 aliphatic rings. The lowest BCUT2D eigenvalue weighted by Crippen LogP contribution is -2.02. The van der Waals surface area contributed by atoms with Gasteiger partial charge in [0.05, 0.1) is 23.7 Å². The van der Waals surface area contributed by atoms with Crippen molar-refractivity contribution < 1.29 is 17.9 Å². The third-order valence-electron chi connectivity index (χ3n) is 2.62. The Labute approximate surface area is 114 Å². The van der Waals surface area contributed by atoms with Crippen LogP contribution in [0.3, 0.4) is 0 Å². The van der Waals surface area contributed by atoms with Gasteiger partial charge in [0.15, 0.2) is 23.2 Å². The van der Waals surface area contributed by atoms with E-state index in [0.29, 0.717) is 0 Å². The van der Waals surface area contributed by atoms with E-state index in [4.69, 9.17) is 10.5 Å². The maximum atomic E-state index is 13.6. The van der Waals surface area contributed by atoms with E-state index >= 15 is 0 Å². The molecule has 0 saturated heterocycles. The van der Waals surface area contributed by atoms with E-state index in [0.717, 1.165) is 12.1 Å². The molecule has 20 heavy (non-hydrogen) atoms.